The maximum atomic E-state index is 5.55. The average molecular weight is 672 g/mol. The van der Waals surface area contributed by atoms with Gasteiger partial charge in [0.2, 0.25) is 0 Å². The van der Waals surface area contributed by atoms with Gasteiger partial charge in [0.05, 0.1) is 16.6 Å². The van der Waals surface area contributed by atoms with Crippen molar-refractivity contribution in [1.82, 2.24) is 4.98 Å². The van der Waals surface area contributed by atoms with Crippen molar-refractivity contribution >= 4 is 10.9 Å². The summed E-state index contributed by atoms with van der Waals surface area (Å²) in [6.45, 7) is 0. The van der Waals surface area contributed by atoms with Crippen LogP contribution in [0.25, 0.3) is 77.8 Å². The van der Waals surface area contributed by atoms with Crippen molar-refractivity contribution in [3.8, 4) is 66.9 Å². The summed E-state index contributed by atoms with van der Waals surface area (Å²) in [6, 6.07) is 73.2. The van der Waals surface area contributed by atoms with E-state index in [4.69, 9.17) is 4.98 Å². The van der Waals surface area contributed by atoms with Gasteiger partial charge in [0, 0.05) is 16.5 Å². The van der Waals surface area contributed by atoms with Gasteiger partial charge < -0.3 is 0 Å². The van der Waals surface area contributed by atoms with Crippen LogP contribution in [0.1, 0.15) is 22.3 Å². The van der Waals surface area contributed by atoms with E-state index in [-0.39, 0.29) is 0 Å². The lowest BCUT2D eigenvalue weighted by atomic mass is 9.69. The second kappa shape index (κ2) is 11.6. The van der Waals surface area contributed by atoms with Gasteiger partial charge in [-0.1, -0.05) is 170 Å². The molecule has 0 fully saturated rings. The molecule has 0 radical (unpaired) electrons. The third kappa shape index (κ3) is 4.35. The molecular weight excluding hydrogens is 639 g/mol. The van der Waals surface area contributed by atoms with Gasteiger partial charge in [-0.3, -0.25) is 0 Å². The monoisotopic (exact) mass is 671 g/mol. The summed E-state index contributed by atoms with van der Waals surface area (Å²) in [5.41, 5.74) is 20.3. The Bertz CT molecular complexity index is 2780. The van der Waals surface area contributed by atoms with E-state index >= 15 is 0 Å². The molecule has 1 aromatic heterocycles. The Hall–Kier alpha value is -6.83. The van der Waals surface area contributed by atoms with E-state index in [1.54, 1.807) is 0 Å². The molecule has 1 spiro atoms. The first-order valence-corrected chi connectivity index (χ1v) is 18.4. The highest BCUT2D eigenvalue weighted by atomic mass is 14.7. The molecule has 1 nitrogen and oxygen atoms in total. The minimum atomic E-state index is -0.456. The summed E-state index contributed by atoms with van der Waals surface area (Å²) >= 11 is 0. The molecule has 0 saturated carbocycles. The van der Waals surface area contributed by atoms with Crippen molar-refractivity contribution in [3.05, 3.63) is 222 Å². The van der Waals surface area contributed by atoms with Crippen molar-refractivity contribution in [2.45, 2.75) is 5.41 Å². The molecule has 2 aliphatic carbocycles. The Labute approximate surface area is 309 Å². The number of rotatable bonds is 4. The van der Waals surface area contributed by atoms with Crippen molar-refractivity contribution in [1.29, 1.82) is 0 Å². The fourth-order valence-corrected chi connectivity index (χ4v) is 9.26. The molecule has 0 saturated heterocycles. The maximum Gasteiger partial charge on any atom is 0.0791 e. The first kappa shape index (κ1) is 29.9. The standard InChI is InChI=1S/C52H33N/c1-3-16-34(17-4-1)38-31-39(35-18-5-2-6-19-35)33-40(32-38)36-20-15-21-37(30-36)51-49-43-24-9-13-28-47(43)52(50(49)44-25-10-14-29-48(44)53-51)45-26-11-7-22-41(45)42-23-8-12-27-46(42)52/h1-33H. The minimum absolute atomic E-state index is 0.456. The largest absolute Gasteiger partial charge is 0.247 e. The zero-order valence-corrected chi connectivity index (χ0v) is 29.0. The maximum absolute atomic E-state index is 5.55. The van der Waals surface area contributed by atoms with Crippen LogP contribution in [0.2, 0.25) is 0 Å². The van der Waals surface area contributed by atoms with E-state index in [2.05, 4.69) is 200 Å². The van der Waals surface area contributed by atoms with Crippen LogP contribution >= 0.6 is 0 Å². The van der Waals surface area contributed by atoms with E-state index < -0.39 is 5.41 Å². The molecule has 0 amide bonds. The molecule has 0 atom stereocenters. The molecule has 1 heteroatoms. The van der Waals surface area contributed by atoms with Crippen LogP contribution in [-0.4, -0.2) is 4.98 Å². The van der Waals surface area contributed by atoms with Crippen LogP contribution in [0, 0.1) is 0 Å². The lowest BCUT2D eigenvalue weighted by Crippen LogP contribution is -2.26. The van der Waals surface area contributed by atoms with E-state index in [1.807, 2.05) is 0 Å². The van der Waals surface area contributed by atoms with E-state index in [0.29, 0.717) is 0 Å². The number of aromatic nitrogens is 1. The molecular formula is C52H33N. The number of fused-ring (bicyclic) bond motifs is 12. The Balaban J connectivity index is 1.19. The predicted octanol–water partition coefficient (Wildman–Crippen LogP) is 13.2. The molecule has 0 unspecified atom stereocenters. The molecule has 0 N–H and O–H groups in total. The van der Waals surface area contributed by atoms with E-state index in [9.17, 15) is 0 Å². The number of para-hydroxylation sites is 1. The first-order valence-electron chi connectivity index (χ1n) is 18.4. The third-order valence-electron chi connectivity index (χ3n) is 11.4. The predicted molar refractivity (Wildman–Crippen MR) is 220 cm³/mol. The lowest BCUT2D eigenvalue weighted by molar-refractivity contribution is 0.801. The number of hydrogen-bond donors (Lipinski definition) is 0. The SMILES string of the molecule is c1ccc(-c2cc(-c3ccccc3)cc(-c3cccc(-c4nc5ccccc5c5c4-c4ccccc4C54c5ccccc5-c5ccccc54)c3)c2)cc1. The number of pyridine rings is 1. The number of nitrogens with zero attached hydrogens (tertiary/aromatic N) is 1. The number of benzene rings is 8. The highest BCUT2D eigenvalue weighted by molar-refractivity contribution is 6.06. The molecule has 246 valence electrons. The number of hydrogen-bond acceptors (Lipinski definition) is 1. The van der Waals surface area contributed by atoms with Gasteiger partial charge in [-0.2, -0.15) is 0 Å². The van der Waals surface area contributed by atoms with Gasteiger partial charge in [-0.05, 0) is 103 Å². The first-order chi connectivity index (χ1) is 26.3. The van der Waals surface area contributed by atoms with Crippen molar-refractivity contribution in [2.75, 3.05) is 0 Å². The average Bonchev–Trinajstić information content (AvgIpc) is 3.72. The van der Waals surface area contributed by atoms with Crippen molar-refractivity contribution in [3.63, 3.8) is 0 Å². The fraction of sp³-hybridized carbons (Fsp3) is 0.0192. The van der Waals surface area contributed by atoms with E-state index in [1.165, 1.54) is 83.3 Å². The summed E-state index contributed by atoms with van der Waals surface area (Å²) in [5, 5.41) is 1.20. The smallest absolute Gasteiger partial charge is 0.0791 e. The quantitative estimate of drug-likeness (QED) is 0.181. The Morgan fingerprint density at radius 3 is 1.38 bits per heavy atom. The van der Waals surface area contributed by atoms with Crippen molar-refractivity contribution < 1.29 is 0 Å². The molecule has 2 aliphatic rings. The Morgan fingerprint density at radius 2 is 0.755 bits per heavy atom. The molecule has 8 aromatic carbocycles. The lowest BCUT2D eigenvalue weighted by Gasteiger charge is -2.31. The van der Waals surface area contributed by atoms with Crippen LogP contribution in [0.5, 0.6) is 0 Å². The van der Waals surface area contributed by atoms with Gasteiger partial charge in [0.25, 0.3) is 0 Å². The summed E-state index contributed by atoms with van der Waals surface area (Å²) in [5.74, 6) is 0. The molecule has 11 rings (SSSR count). The minimum Gasteiger partial charge on any atom is -0.247 e. The zero-order valence-electron chi connectivity index (χ0n) is 29.0. The summed E-state index contributed by atoms with van der Waals surface area (Å²) in [4.78, 5) is 5.55. The second-order valence-corrected chi connectivity index (χ2v) is 14.2. The van der Waals surface area contributed by atoms with Crippen LogP contribution < -0.4 is 0 Å². The van der Waals surface area contributed by atoms with Gasteiger partial charge in [0.1, 0.15) is 0 Å². The second-order valence-electron chi connectivity index (χ2n) is 14.2. The summed E-state index contributed by atoms with van der Waals surface area (Å²) in [7, 11) is 0. The molecule has 1 heterocycles. The molecule has 9 aromatic rings. The van der Waals surface area contributed by atoms with Crippen LogP contribution in [-0.2, 0) is 5.41 Å². The van der Waals surface area contributed by atoms with Gasteiger partial charge in [-0.25, -0.2) is 4.98 Å². The topological polar surface area (TPSA) is 12.9 Å². The zero-order chi connectivity index (χ0) is 34.9. The Morgan fingerprint density at radius 1 is 0.321 bits per heavy atom. The Kier molecular flexibility index (Phi) is 6.53. The third-order valence-corrected chi connectivity index (χ3v) is 11.4. The molecule has 53 heavy (non-hydrogen) atoms. The summed E-state index contributed by atoms with van der Waals surface area (Å²) < 4.78 is 0. The van der Waals surface area contributed by atoms with Gasteiger partial charge in [-0.15, -0.1) is 0 Å². The highest BCUT2D eigenvalue weighted by Gasteiger charge is 2.53. The normalized spacial score (nSPS) is 13.1. The highest BCUT2D eigenvalue weighted by Crippen LogP contribution is 2.65. The summed E-state index contributed by atoms with van der Waals surface area (Å²) in [6.07, 6.45) is 0. The van der Waals surface area contributed by atoms with Gasteiger partial charge >= 0.3 is 0 Å². The van der Waals surface area contributed by atoms with Crippen LogP contribution in [0.3, 0.4) is 0 Å². The molecule has 0 bridgehead atoms. The van der Waals surface area contributed by atoms with Crippen molar-refractivity contribution in [2.24, 2.45) is 0 Å². The van der Waals surface area contributed by atoms with Crippen LogP contribution in [0.15, 0.2) is 200 Å². The van der Waals surface area contributed by atoms with Gasteiger partial charge in [0.15, 0.2) is 0 Å². The fourth-order valence-electron chi connectivity index (χ4n) is 9.26. The van der Waals surface area contributed by atoms with E-state index in [0.717, 1.165) is 16.8 Å². The molecule has 0 aliphatic heterocycles. The van der Waals surface area contributed by atoms with Crippen LogP contribution in [0.4, 0.5) is 0 Å².